The van der Waals surface area contributed by atoms with Crippen LogP contribution in [0.5, 0.6) is 0 Å². The van der Waals surface area contributed by atoms with E-state index in [1.165, 1.54) is 0 Å². The molecular weight excluding hydrogens is 302 g/mol. The van der Waals surface area contributed by atoms with E-state index in [4.69, 9.17) is 11.6 Å². The predicted molar refractivity (Wildman–Crippen MR) is 88.0 cm³/mol. The van der Waals surface area contributed by atoms with E-state index in [2.05, 4.69) is 10.6 Å². The van der Waals surface area contributed by atoms with Gasteiger partial charge in [-0.05, 0) is 51.0 Å². The molecule has 1 aliphatic rings. The molecule has 0 aromatic heterocycles. The fraction of sp³-hybridized carbons (Fsp3) is 0.500. The lowest BCUT2D eigenvalue weighted by atomic mass is 9.96. The molecule has 2 N–H and O–H groups in total. The summed E-state index contributed by atoms with van der Waals surface area (Å²) in [6.07, 6.45) is 1.37. The molecule has 0 radical (unpaired) electrons. The molecule has 0 saturated carbocycles. The van der Waals surface area contributed by atoms with Gasteiger partial charge in [-0.1, -0.05) is 11.6 Å². The van der Waals surface area contributed by atoms with Gasteiger partial charge in [0.05, 0.1) is 0 Å². The number of likely N-dealkylation sites (tertiary alicyclic amines) is 1. The van der Waals surface area contributed by atoms with Gasteiger partial charge in [0.1, 0.15) is 0 Å². The van der Waals surface area contributed by atoms with E-state index in [1.54, 1.807) is 29.2 Å². The van der Waals surface area contributed by atoms with E-state index >= 15 is 0 Å². The number of hydrogen-bond donors (Lipinski definition) is 2. The maximum atomic E-state index is 12.2. The molecule has 1 aliphatic heterocycles. The molecule has 1 fully saturated rings. The van der Waals surface area contributed by atoms with Crippen molar-refractivity contribution in [3.05, 3.63) is 29.3 Å². The van der Waals surface area contributed by atoms with Crippen LogP contribution in [0.15, 0.2) is 24.3 Å². The molecule has 0 atom stereocenters. The SMILES string of the molecule is CC(C)NC(=O)N1CCC(C(=O)Nc2ccc(Cl)cc2)CC1. The molecule has 6 heteroatoms. The molecule has 1 aromatic carbocycles. The molecule has 0 aliphatic carbocycles. The van der Waals surface area contributed by atoms with Crippen LogP contribution in [-0.4, -0.2) is 36.0 Å². The second-order valence-corrected chi connectivity index (χ2v) is 6.30. The van der Waals surface area contributed by atoms with E-state index in [0.29, 0.717) is 31.0 Å². The van der Waals surface area contributed by atoms with Gasteiger partial charge in [-0.3, -0.25) is 4.79 Å². The van der Waals surface area contributed by atoms with Crippen LogP contribution in [0.2, 0.25) is 5.02 Å². The van der Waals surface area contributed by atoms with Gasteiger partial charge in [0.25, 0.3) is 0 Å². The number of anilines is 1. The number of piperidine rings is 1. The summed E-state index contributed by atoms with van der Waals surface area (Å²) in [6, 6.07) is 7.13. The van der Waals surface area contributed by atoms with Crippen molar-refractivity contribution >= 4 is 29.2 Å². The Kier molecular flexibility index (Phi) is 5.66. The first kappa shape index (κ1) is 16.6. The zero-order valence-corrected chi connectivity index (χ0v) is 13.7. The number of nitrogens with zero attached hydrogens (tertiary/aromatic N) is 1. The lowest BCUT2D eigenvalue weighted by Gasteiger charge is -2.31. The van der Waals surface area contributed by atoms with Crippen LogP contribution in [0.1, 0.15) is 26.7 Å². The summed E-state index contributed by atoms with van der Waals surface area (Å²) in [7, 11) is 0. The maximum Gasteiger partial charge on any atom is 0.317 e. The highest BCUT2D eigenvalue weighted by molar-refractivity contribution is 6.30. The van der Waals surface area contributed by atoms with Gasteiger partial charge in [0.15, 0.2) is 0 Å². The number of amides is 3. The Morgan fingerprint density at radius 2 is 1.77 bits per heavy atom. The van der Waals surface area contributed by atoms with Crippen LogP contribution in [-0.2, 0) is 4.79 Å². The van der Waals surface area contributed by atoms with Crippen molar-refractivity contribution in [1.82, 2.24) is 10.2 Å². The molecule has 1 aromatic rings. The van der Waals surface area contributed by atoms with Crippen LogP contribution in [0.3, 0.4) is 0 Å². The number of urea groups is 1. The Morgan fingerprint density at radius 1 is 1.18 bits per heavy atom. The first-order chi connectivity index (χ1) is 10.5. The fourth-order valence-corrected chi connectivity index (χ4v) is 2.59. The minimum atomic E-state index is -0.0567. The van der Waals surface area contributed by atoms with Gasteiger partial charge in [-0.2, -0.15) is 0 Å². The number of hydrogen-bond acceptors (Lipinski definition) is 2. The number of benzene rings is 1. The van der Waals surface area contributed by atoms with E-state index in [9.17, 15) is 9.59 Å². The highest BCUT2D eigenvalue weighted by Crippen LogP contribution is 2.20. The van der Waals surface area contributed by atoms with Gasteiger partial charge in [-0.25, -0.2) is 4.79 Å². The topological polar surface area (TPSA) is 61.4 Å². The largest absolute Gasteiger partial charge is 0.336 e. The Bertz CT molecular complexity index is 523. The van der Waals surface area contributed by atoms with Crippen molar-refractivity contribution in [2.45, 2.75) is 32.7 Å². The smallest absolute Gasteiger partial charge is 0.317 e. The van der Waals surface area contributed by atoms with Crippen LogP contribution < -0.4 is 10.6 Å². The highest BCUT2D eigenvalue weighted by atomic mass is 35.5. The monoisotopic (exact) mass is 323 g/mol. The fourth-order valence-electron chi connectivity index (χ4n) is 2.46. The van der Waals surface area contributed by atoms with E-state index in [-0.39, 0.29) is 23.9 Å². The minimum absolute atomic E-state index is 0.00578. The average Bonchev–Trinajstić information content (AvgIpc) is 2.49. The zero-order valence-electron chi connectivity index (χ0n) is 12.9. The van der Waals surface area contributed by atoms with Gasteiger partial charge in [0, 0.05) is 35.8 Å². The van der Waals surface area contributed by atoms with E-state index < -0.39 is 0 Å². The maximum absolute atomic E-state index is 12.2. The summed E-state index contributed by atoms with van der Waals surface area (Å²) >= 11 is 5.82. The molecule has 120 valence electrons. The second-order valence-electron chi connectivity index (χ2n) is 5.86. The molecule has 22 heavy (non-hydrogen) atoms. The third kappa shape index (κ3) is 4.63. The summed E-state index contributed by atoms with van der Waals surface area (Å²) in [4.78, 5) is 25.9. The van der Waals surface area contributed by atoms with Crippen molar-refractivity contribution in [2.75, 3.05) is 18.4 Å². The molecule has 5 nitrogen and oxygen atoms in total. The van der Waals surface area contributed by atoms with E-state index in [0.717, 1.165) is 5.69 Å². The van der Waals surface area contributed by atoms with Gasteiger partial charge in [-0.15, -0.1) is 0 Å². The Hall–Kier alpha value is -1.75. The summed E-state index contributed by atoms with van der Waals surface area (Å²) in [6.45, 7) is 5.09. The lowest BCUT2D eigenvalue weighted by molar-refractivity contribution is -0.121. The number of nitrogens with one attached hydrogen (secondary N) is 2. The first-order valence-electron chi connectivity index (χ1n) is 7.57. The standard InChI is InChI=1S/C16H22ClN3O2/c1-11(2)18-16(22)20-9-7-12(8-10-20)15(21)19-14-5-3-13(17)4-6-14/h3-6,11-12H,7-10H2,1-2H3,(H,18,22)(H,19,21). The molecule has 1 saturated heterocycles. The number of halogens is 1. The molecule has 0 bridgehead atoms. The number of carbonyl (C=O) groups excluding carboxylic acids is 2. The highest BCUT2D eigenvalue weighted by Gasteiger charge is 2.27. The van der Waals surface area contributed by atoms with Crippen molar-refractivity contribution in [3.63, 3.8) is 0 Å². The summed E-state index contributed by atoms with van der Waals surface area (Å²) in [5.41, 5.74) is 0.745. The van der Waals surface area contributed by atoms with Gasteiger partial charge < -0.3 is 15.5 Å². The van der Waals surface area contributed by atoms with E-state index in [1.807, 2.05) is 13.8 Å². The quantitative estimate of drug-likeness (QED) is 0.897. The van der Waals surface area contributed by atoms with Crippen LogP contribution in [0.25, 0.3) is 0 Å². The van der Waals surface area contributed by atoms with Gasteiger partial charge in [0.2, 0.25) is 5.91 Å². The van der Waals surface area contributed by atoms with Crippen molar-refractivity contribution < 1.29 is 9.59 Å². The van der Waals surface area contributed by atoms with Crippen molar-refractivity contribution in [1.29, 1.82) is 0 Å². The third-order valence-corrected chi connectivity index (χ3v) is 3.93. The van der Waals surface area contributed by atoms with Crippen LogP contribution >= 0.6 is 11.6 Å². The average molecular weight is 324 g/mol. The molecule has 3 amide bonds. The molecule has 2 rings (SSSR count). The number of carbonyl (C=O) groups is 2. The predicted octanol–water partition coefficient (Wildman–Crippen LogP) is 3.11. The molecule has 0 unspecified atom stereocenters. The molecule has 1 heterocycles. The third-order valence-electron chi connectivity index (χ3n) is 3.68. The van der Waals surface area contributed by atoms with Gasteiger partial charge >= 0.3 is 6.03 Å². The van der Waals surface area contributed by atoms with Crippen LogP contribution in [0, 0.1) is 5.92 Å². The Morgan fingerprint density at radius 3 is 2.32 bits per heavy atom. The van der Waals surface area contributed by atoms with Crippen molar-refractivity contribution in [3.8, 4) is 0 Å². The minimum Gasteiger partial charge on any atom is -0.336 e. The van der Waals surface area contributed by atoms with Crippen LogP contribution in [0.4, 0.5) is 10.5 Å². The summed E-state index contributed by atoms with van der Waals surface area (Å²) in [5.74, 6) is -0.0509. The zero-order chi connectivity index (χ0) is 16.1. The Balaban J connectivity index is 1.82. The lowest BCUT2D eigenvalue weighted by Crippen LogP contribution is -2.47. The molecule has 0 spiro atoms. The Labute approximate surface area is 136 Å². The molecular formula is C16H22ClN3O2. The summed E-state index contributed by atoms with van der Waals surface area (Å²) < 4.78 is 0. The first-order valence-corrected chi connectivity index (χ1v) is 7.95. The normalized spacial score (nSPS) is 15.7. The summed E-state index contributed by atoms with van der Waals surface area (Å²) in [5, 5.41) is 6.42. The second kappa shape index (κ2) is 7.49. The van der Waals surface area contributed by atoms with Crippen molar-refractivity contribution in [2.24, 2.45) is 5.92 Å². The number of rotatable bonds is 3.